The van der Waals surface area contributed by atoms with Crippen molar-refractivity contribution in [1.29, 1.82) is 0 Å². The summed E-state index contributed by atoms with van der Waals surface area (Å²) in [5, 5.41) is 9.19. The molecule has 0 radical (unpaired) electrons. The SMILES string of the molecule is O=c1sc(=Nc2cc(CC(O)=S)c(Cl)cc2F)n2n1CCCC2. The molecule has 1 N–H and O–H groups in total. The van der Waals surface area contributed by atoms with E-state index in [2.05, 4.69) is 17.2 Å². The zero-order chi connectivity index (χ0) is 16.6. The van der Waals surface area contributed by atoms with Gasteiger partial charge in [0, 0.05) is 24.5 Å². The van der Waals surface area contributed by atoms with E-state index in [0.29, 0.717) is 23.5 Å². The predicted octanol–water partition coefficient (Wildman–Crippen LogP) is 2.96. The molecule has 0 amide bonds. The summed E-state index contributed by atoms with van der Waals surface area (Å²) in [6.45, 7) is 1.33. The number of thiocarbonyl (C=S) groups is 1. The molecule has 0 bridgehead atoms. The van der Waals surface area contributed by atoms with Gasteiger partial charge in [0.05, 0.1) is 0 Å². The fourth-order valence-corrected chi connectivity index (χ4v) is 3.75. The Kier molecular flexibility index (Phi) is 4.65. The minimum absolute atomic E-state index is 0.0498. The molecule has 3 rings (SSSR count). The van der Waals surface area contributed by atoms with Gasteiger partial charge in [0.2, 0.25) is 4.80 Å². The number of nitrogens with zero attached hydrogens (tertiary/aromatic N) is 3. The highest BCUT2D eigenvalue weighted by Gasteiger charge is 2.14. The Labute approximate surface area is 145 Å². The van der Waals surface area contributed by atoms with E-state index in [0.717, 1.165) is 30.2 Å². The van der Waals surface area contributed by atoms with Crippen LogP contribution in [0, 0.1) is 5.82 Å². The molecule has 1 aromatic carbocycles. The third-order valence-electron chi connectivity index (χ3n) is 3.57. The van der Waals surface area contributed by atoms with Crippen LogP contribution in [-0.4, -0.2) is 19.5 Å². The first-order valence-electron chi connectivity index (χ1n) is 7.01. The number of aromatic nitrogens is 2. The van der Waals surface area contributed by atoms with E-state index in [-0.39, 0.29) is 27.1 Å². The van der Waals surface area contributed by atoms with E-state index in [1.807, 2.05) is 0 Å². The highest BCUT2D eigenvalue weighted by atomic mass is 35.5. The maximum Gasteiger partial charge on any atom is 0.325 e. The third-order valence-corrected chi connectivity index (χ3v) is 4.93. The molecule has 0 saturated heterocycles. The summed E-state index contributed by atoms with van der Waals surface area (Å²) < 4.78 is 17.5. The summed E-state index contributed by atoms with van der Waals surface area (Å²) in [6.07, 6.45) is 1.95. The van der Waals surface area contributed by atoms with E-state index in [4.69, 9.17) is 11.6 Å². The van der Waals surface area contributed by atoms with Crippen LogP contribution in [0.5, 0.6) is 0 Å². The molecule has 0 fully saturated rings. The number of halogens is 2. The zero-order valence-corrected chi connectivity index (χ0v) is 14.3. The van der Waals surface area contributed by atoms with Crippen LogP contribution in [0.4, 0.5) is 10.1 Å². The van der Waals surface area contributed by atoms with E-state index in [9.17, 15) is 14.3 Å². The average Bonchev–Trinajstić information content (AvgIpc) is 2.81. The van der Waals surface area contributed by atoms with Gasteiger partial charge < -0.3 is 5.11 Å². The normalized spacial score (nSPS) is 14.8. The quantitative estimate of drug-likeness (QED) is 0.841. The molecular weight excluding hydrogens is 361 g/mol. The van der Waals surface area contributed by atoms with Crippen LogP contribution in [0.25, 0.3) is 0 Å². The van der Waals surface area contributed by atoms with Crippen LogP contribution in [-0.2, 0) is 19.5 Å². The largest absolute Gasteiger partial charge is 0.502 e. The van der Waals surface area contributed by atoms with Crippen molar-refractivity contribution in [3.63, 3.8) is 0 Å². The minimum Gasteiger partial charge on any atom is -0.502 e. The highest BCUT2D eigenvalue weighted by molar-refractivity contribution is 7.80. The number of rotatable bonds is 3. The fourth-order valence-electron chi connectivity index (χ4n) is 2.49. The number of benzene rings is 1. The van der Waals surface area contributed by atoms with Crippen molar-refractivity contribution >= 4 is 45.9 Å². The van der Waals surface area contributed by atoms with Crippen molar-refractivity contribution < 1.29 is 9.50 Å². The Hall–Kier alpha value is -1.51. The molecule has 1 aliphatic heterocycles. The maximum atomic E-state index is 14.1. The van der Waals surface area contributed by atoms with Crippen molar-refractivity contribution in [2.24, 2.45) is 4.99 Å². The first-order valence-corrected chi connectivity index (χ1v) is 8.61. The topological polar surface area (TPSA) is 59.5 Å². The van der Waals surface area contributed by atoms with E-state index < -0.39 is 5.82 Å². The average molecular weight is 374 g/mol. The molecule has 1 aromatic heterocycles. The van der Waals surface area contributed by atoms with Gasteiger partial charge in [-0.2, -0.15) is 0 Å². The second-order valence-electron chi connectivity index (χ2n) is 5.18. The fraction of sp³-hybridized carbons (Fsp3) is 0.357. The lowest BCUT2D eigenvalue weighted by atomic mass is 10.1. The van der Waals surface area contributed by atoms with Crippen LogP contribution in [0.2, 0.25) is 5.02 Å². The standard InChI is InChI=1S/C14H13ClFN3O2S2/c15-9-7-10(16)11(5-8(9)6-12(20)22)17-13-18-3-1-2-4-19(18)14(21)23-13/h5,7H,1-4,6H2,(H,20,22). The Morgan fingerprint density at radius 3 is 2.78 bits per heavy atom. The number of fused-ring (bicyclic) bond motifs is 1. The summed E-state index contributed by atoms with van der Waals surface area (Å²) in [6, 6.07) is 2.59. The summed E-state index contributed by atoms with van der Waals surface area (Å²) in [5.74, 6) is -0.585. The highest BCUT2D eigenvalue weighted by Crippen LogP contribution is 2.26. The number of aliphatic hydroxyl groups is 1. The Balaban J connectivity index is 2.13. The molecule has 122 valence electrons. The first kappa shape index (κ1) is 16.4. The van der Waals surface area contributed by atoms with Crippen molar-refractivity contribution in [3.05, 3.63) is 43.0 Å². The molecule has 9 heteroatoms. The predicted molar refractivity (Wildman–Crippen MR) is 91.4 cm³/mol. The third kappa shape index (κ3) is 3.39. The lowest BCUT2D eigenvalue weighted by molar-refractivity contribution is 0.345. The van der Waals surface area contributed by atoms with Gasteiger partial charge in [-0.15, -0.1) is 0 Å². The lowest BCUT2D eigenvalue weighted by Gasteiger charge is -2.15. The van der Waals surface area contributed by atoms with Gasteiger partial charge in [0.25, 0.3) is 0 Å². The monoisotopic (exact) mass is 373 g/mol. The van der Waals surface area contributed by atoms with E-state index in [1.165, 1.54) is 6.07 Å². The van der Waals surface area contributed by atoms with E-state index >= 15 is 0 Å². The summed E-state index contributed by atoms with van der Waals surface area (Å²) in [7, 11) is 0. The zero-order valence-electron chi connectivity index (χ0n) is 12.0. The van der Waals surface area contributed by atoms with Gasteiger partial charge in [0.1, 0.15) is 11.5 Å². The first-order chi connectivity index (χ1) is 11.0. The molecule has 0 spiro atoms. The second kappa shape index (κ2) is 6.54. The summed E-state index contributed by atoms with van der Waals surface area (Å²) >= 11 is 11.6. The van der Waals surface area contributed by atoms with Crippen LogP contribution in [0.1, 0.15) is 18.4 Å². The van der Waals surface area contributed by atoms with Crippen molar-refractivity contribution in [2.75, 3.05) is 0 Å². The second-order valence-corrected chi connectivity index (χ2v) is 6.98. The van der Waals surface area contributed by atoms with Crippen LogP contribution in [0.15, 0.2) is 21.9 Å². The van der Waals surface area contributed by atoms with Gasteiger partial charge in [0.15, 0.2) is 5.05 Å². The summed E-state index contributed by atoms with van der Waals surface area (Å²) in [4.78, 5) is 16.6. The lowest BCUT2D eigenvalue weighted by Crippen LogP contribution is -2.31. The molecule has 2 heterocycles. The van der Waals surface area contributed by atoms with Crippen LogP contribution >= 0.6 is 35.2 Å². The minimum atomic E-state index is -0.585. The maximum absolute atomic E-state index is 14.1. The smallest absolute Gasteiger partial charge is 0.325 e. The van der Waals surface area contributed by atoms with Gasteiger partial charge in [-0.05, 0) is 54.1 Å². The molecule has 0 aliphatic carbocycles. The molecule has 2 aromatic rings. The molecular formula is C14H13ClFN3O2S2. The van der Waals surface area contributed by atoms with Crippen molar-refractivity contribution in [1.82, 2.24) is 9.36 Å². The molecule has 1 aliphatic rings. The number of hydrogen-bond donors (Lipinski definition) is 1. The van der Waals surface area contributed by atoms with E-state index in [1.54, 1.807) is 9.36 Å². The van der Waals surface area contributed by atoms with Crippen LogP contribution < -0.4 is 9.67 Å². The Bertz CT molecular complexity index is 900. The molecule has 0 unspecified atom stereocenters. The molecule has 0 atom stereocenters. The Morgan fingerprint density at radius 2 is 2.09 bits per heavy atom. The number of aliphatic hydroxyl groups excluding tert-OH is 1. The van der Waals surface area contributed by atoms with Gasteiger partial charge in [-0.1, -0.05) is 11.6 Å². The summed E-state index contributed by atoms with van der Waals surface area (Å²) in [5.41, 5.74) is 0.563. The molecule has 5 nitrogen and oxygen atoms in total. The van der Waals surface area contributed by atoms with Crippen molar-refractivity contribution in [2.45, 2.75) is 32.4 Å². The Morgan fingerprint density at radius 1 is 1.39 bits per heavy atom. The van der Waals surface area contributed by atoms with Gasteiger partial charge in [-0.25, -0.2) is 14.1 Å². The van der Waals surface area contributed by atoms with Crippen LogP contribution in [0.3, 0.4) is 0 Å². The molecule has 0 saturated carbocycles. The van der Waals surface area contributed by atoms with Crippen molar-refractivity contribution in [3.8, 4) is 0 Å². The van der Waals surface area contributed by atoms with Gasteiger partial charge >= 0.3 is 4.87 Å². The number of hydrogen-bond acceptors (Lipinski definition) is 4. The van der Waals surface area contributed by atoms with Gasteiger partial charge in [-0.3, -0.25) is 9.48 Å². The molecule has 23 heavy (non-hydrogen) atoms.